The number of aromatic nitrogens is 1. The molecule has 0 radical (unpaired) electrons. The fourth-order valence-electron chi connectivity index (χ4n) is 1.55. The summed E-state index contributed by atoms with van der Waals surface area (Å²) in [6.07, 6.45) is 1.70. The molecule has 0 bridgehead atoms. The second-order valence-corrected chi connectivity index (χ2v) is 4.50. The highest BCUT2D eigenvalue weighted by Gasteiger charge is 2.03. The van der Waals surface area contributed by atoms with Crippen molar-refractivity contribution in [1.29, 1.82) is 0 Å². The molecule has 6 heteroatoms. The van der Waals surface area contributed by atoms with Gasteiger partial charge in [-0.05, 0) is 18.6 Å². The van der Waals surface area contributed by atoms with Gasteiger partial charge < -0.3 is 10.5 Å². The van der Waals surface area contributed by atoms with Crippen molar-refractivity contribution in [3.63, 3.8) is 0 Å². The number of benzene rings is 1. The predicted molar refractivity (Wildman–Crippen MR) is 75.5 cm³/mol. The van der Waals surface area contributed by atoms with Gasteiger partial charge in [-0.15, -0.1) is 11.3 Å². The Morgan fingerprint density at radius 1 is 1.50 bits per heavy atom. The topological polar surface area (TPSA) is 72.5 Å². The highest BCUT2D eigenvalue weighted by molar-refractivity contribution is 7.14. The van der Waals surface area contributed by atoms with Gasteiger partial charge in [0, 0.05) is 10.9 Å². The van der Waals surface area contributed by atoms with E-state index in [1.54, 1.807) is 18.7 Å². The Kier molecular flexibility index (Phi) is 3.78. The molecule has 1 aromatic carbocycles. The number of nitrogens with zero attached hydrogens (tertiary/aromatic N) is 2. The summed E-state index contributed by atoms with van der Waals surface area (Å²) in [7, 11) is 1.65. The lowest BCUT2D eigenvalue weighted by Crippen LogP contribution is -1.95. The first-order valence-corrected chi connectivity index (χ1v) is 6.22. The second-order valence-electron chi connectivity index (χ2n) is 3.64. The number of methoxy groups -OCH3 is 1. The van der Waals surface area contributed by atoms with Crippen LogP contribution in [0.5, 0.6) is 5.75 Å². The van der Waals surface area contributed by atoms with Crippen molar-refractivity contribution >= 4 is 28.5 Å². The molecule has 5 nitrogen and oxygen atoms in total. The van der Waals surface area contributed by atoms with Crippen LogP contribution in [-0.2, 0) is 0 Å². The summed E-state index contributed by atoms with van der Waals surface area (Å²) < 4.78 is 5.33. The summed E-state index contributed by atoms with van der Waals surface area (Å²) in [6.45, 7) is 1.99. The number of para-hydroxylation sites is 1. The van der Waals surface area contributed by atoms with Crippen LogP contribution in [0.2, 0.25) is 0 Å². The van der Waals surface area contributed by atoms with E-state index < -0.39 is 0 Å². The Morgan fingerprint density at radius 2 is 2.33 bits per heavy atom. The zero-order valence-corrected chi connectivity index (χ0v) is 11.0. The van der Waals surface area contributed by atoms with E-state index in [1.165, 1.54) is 11.3 Å². The molecule has 3 N–H and O–H groups in total. The number of aryl methyl sites for hydroxylation is 1. The van der Waals surface area contributed by atoms with E-state index in [0.29, 0.717) is 10.9 Å². The van der Waals surface area contributed by atoms with Gasteiger partial charge in [0.1, 0.15) is 11.6 Å². The van der Waals surface area contributed by atoms with Crippen LogP contribution < -0.4 is 15.9 Å². The lowest BCUT2D eigenvalue weighted by molar-refractivity contribution is 0.411. The Balaban J connectivity index is 2.11. The predicted octanol–water partition coefficient (Wildman–Crippen LogP) is 2.49. The van der Waals surface area contributed by atoms with E-state index in [9.17, 15) is 0 Å². The lowest BCUT2D eigenvalue weighted by Gasteiger charge is -2.07. The van der Waals surface area contributed by atoms with E-state index in [1.807, 2.05) is 25.1 Å². The minimum Gasteiger partial charge on any atom is -0.496 e. The molecule has 0 saturated heterocycles. The smallest absolute Gasteiger partial charge is 0.205 e. The molecule has 0 atom stereocenters. The summed E-state index contributed by atoms with van der Waals surface area (Å²) in [6, 6.07) is 5.89. The molecule has 1 aromatic heterocycles. The van der Waals surface area contributed by atoms with Crippen molar-refractivity contribution < 1.29 is 4.74 Å². The summed E-state index contributed by atoms with van der Waals surface area (Å²) in [4.78, 5) is 4.04. The number of nitrogens with one attached hydrogen (secondary N) is 1. The molecule has 0 unspecified atom stereocenters. The molecule has 2 aromatic rings. The first-order chi connectivity index (χ1) is 8.70. The number of rotatable bonds is 4. The van der Waals surface area contributed by atoms with E-state index in [-0.39, 0.29) is 0 Å². The van der Waals surface area contributed by atoms with Gasteiger partial charge in [0.05, 0.1) is 13.3 Å². The van der Waals surface area contributed by atoms with Crippen molar-refractivity contribution in [2.75, 3.05) is 18.3 Å². The number of hydrazone groups is 1. The number of thiazole rings is 1. The molecule has 2 rings (SSSR count). The average molecular weight is 262 g/mol. The van der Waals surface area contributed by atoms with E-state index in [2.05, 4.69) is 15.5 Å². The number of nitrogens with two attached hydrogens (primary N) is 1. The third kappa shape index (κ3) is 2.78. The zero-order chi connectivity index (χ0) is 13.0. The molecule has 0 aliphatic rings. The van der Waals surface area contributed by atoms with Crippen molar-refractivity contribution in [2.45, 2.75) is 6.92 Å². The van der Waals surface area contributed by atoms with Crippen LogP contribution in [0.3, 0.4) is 0 Å². The van der Waals surface area contributed by atoms with Crippen LogP contribution in [-0.4, -0.2) is 18.3 Å². The molecular weight excluding hydrogens is 248 g/mol. The van der Waals surface area contributed by atoms with Crippen LogP contribution in [0.25, 0.3) is 0 Å². The lowest BCUT2D eigenvalue weighted by atomic mass is 10.1. The number of ether oxygens (including phenoxy) is 1. The van der Waals surface area contributed by atoms with Gasteiger partial charge in [0.15, 0.2) is 0 Å². The van der Waals surface area contributed by atoms with Gasteiger partial charge in [-0.1, -0.05) is 12.1 Å². The number of hydrogen-bond acceptors (Lipinski definition) is 6. The normalized spacial score (nSPS) is 10.8. The van der Waals surface area contributed by atoms with Crippen LogP contribution in [0.15, 0.2) is 28.7 Å². The molecule has 0 amide bonds. The molecule has 1 heterocycles. The SMILES string of the molecule is COc1c(C)cccc1C=NNc1nc(N)cs1. The Hall–Kier alpha value is -2.08. The minimum atomic E-state index is 0.492. The third-order valence-corrected chi connectivity index (χ3v) is 3.10. The molecule has 0 aliphatic carbocycles. The van der Waals surface area contributed by atoms with Crippen LogP contribution in [0, 0.1) is 6.92 Å². The Morgan fingerprint density at radius 3 is 3.00 bits per heavy atom. The maximum Gasteiger partial charge on any atom is 0.205 e. The van der Waals surface area contributed by atoms with Crippen molar-refractivity contribution in [2.24, 2.45) is 5.10 Å². The molecule has 94 valence electrons. The van der Waals surface area contributed by atoms with Crippen molar-refractivity contribution in [1.82, 2.24) is 4.98 Å². The van der Waals surface area contributed by atoms with Crippen molar-refractivity contribution in [3.8, 4) is 5.75 Å². The van der Waals surface area contributed by atoms with Gasteiger partial charge in [-0.2, -0.15) is 5.10 Å². The van der Waals surface area contributed by atoms with Crippen LogP contribution in [0.4, 0.5) is 10.9 Å². The van der Waals surface area contributed by atoms with Crippen LogP contribution in [0.1, 0.15) is 11.1 Å². The van der Waals surface area contributed by atoms with Gasteiger partial charge in [0.25, 0.3) is 0 Å². The maximum absolute atomic E-state index is 5.51. The number of anilines is 2. The highest BCUT2D eigenvalue weighted by atomic mass is 32.1. The second kappa shape index (κ2) is 5.50. The molecule has 0 fully saturated rings. The fraction of sp³-hybridized carbons (Fsp3) is 0.167. The third-order valence-electron chi connectivity index (χ3n) is 2.33. The van der Waals surface area contributed by atoms with Crippen molar-refractivity contribution in [3.05, 3.63) is 34.7 Å². The van der Waals surface area contributed by atoms with Gasteiger partial charge in [-0.3, -0.25) is 5.43 Å². The quantitative estimate of drug-likeness (QED) is 0.656. The first kappa shape index (κ1) is 12.4. The summed E-state index contributed by atoms with van der Waals surface area (Å²) >= 11 is 1.41. The first-order valence-electron chi connectivity index (χ1n) is 5.34. The van der Waals surface area contributed by atoms with Gasteiger partial charge in [-0.25, -0.2) is 4.98 Å². The maximum atomic E-state index is 5.51. The number of nitrogen functional groups attached to an aromatic ring is 1. The monoisotopic (exact) mass is 262 g/mol. The molecule has 18 heavy (non-hydrogen) atoms. The molecular formula is C12H14N4OS. The molecule has 0 aliphatic heterocycles. The zero-order valence-electron chi connectivity index (χ0n) is 10.2. The molecule has 0 spiro atoms. The van der Waals surface area contributed by atoms with Gasteiger partial charge in [0.2, 0.25) is 5.13 Å². The van der Waals surface area contributed by atoms with E-state index in [0.717, 1.165) is 16.9 Å². The average Bonchev–Trinajstić information content (AvgIpc) is 2.75. The summed E-state index contributed by atoms with van der Waals surface area (Å²) in [5, 5.41) is 6.53. The number of hydrogen-bond donors (Lipinski definition) is 2. The fourth-order valence-corrected chi connectivity index (χ4v) is 2.10. The standard InChI is InChI=1S/C12H14N4OS/c1-8-4-3-5-9(11(8)17-2)6-14-16-12-15-10(13)7-18-12/h3-7H,13H2,1-2H3,(H,15,16). The summed E-state index contributed by atoms with van der Waals surface area (Å²) in [5.74, 6) is 1.31. The molecule has 0 saturated carbocycles. The minimum absolute atomic E-state index is 0.492. The highest BCUT2D eigenvalue weighted by Crippen LogP contribution is 2.21. The largest absolute Gasteiger partial charge is 0.496 e. The van der Waals surface area contributed by atoms with Gasteiger partial charge >= 0.3 is 0 Å². The Bertz CT molecular complexity index is 565. The van der Waals surface area contributed by atoms with E-state index >= 15 is 0 Å². The van der Waals surface area contributed by atoms with E-state index in [4.69, 9.17) is 10.5 Å². The Labute approximate surface area is 109 Å². The summed E-state index contributed by atoms with van der Waals surface area (Å²) in [5.41, 5.74) is 10.3. The van der Waals surface area contributed by atoms with Crippen LogP contribution >= 0.6 is 11.3 Å².